The number of anilines is 1. The molecule has 0 saturated carbocycles. The minimum atomic E-state index is -0.540. The van der Waals surface area contributed by atoms with E-state index in [1.54, 1.807) is 16.8 Å². The number of halogens is 1. The van der Waals surface area contributed by atoms with E-state index in [1.807, 2.05) is 19.2 Å². The number of amides is 2. The molecular formula is C18H28ClN3O2. The van der Waals surface area contributed by atoms with Crippen LogP contribution in [0.25, 0.3) is 0 Å². The van der Waals surface area contributed by atoms with E-state index in [0.717, 1.165) is 12.2 Å². The Bertz CT molecular complexity index is 560. The van der Waals surface area contributed by atoms with Crippen molar-refractivity contribution in [1.82, 2.24) is 10.2 Å². The Kier molecular flexibility index (Phi) is 7.70. The third kappa shape index (κ3) is 4.48. The first-order valence-electron chi connectivity index (χ1n) is 8.26. The molecule has 0 aromatic heterocycles. The van der Waals surface area contributed by atoms with Crippen molar-refractivity contribution in [2.75, 3.05) is 38.6 Å². The van der Waals surface area contributed by atoms with E-state index in [0.29, 0.717) is 25.4 Å². The van der Waals surface area contributed by atoms with E-state index in [4.69, 9.17) is 0 Å². The molecule has 1 aromatic carbocycles. The maximum Gasteiger partial charge on any atom is 0.239 e. The molecule has 24 heavy (non-hydrogen) atoms. The Morgan fingerprint density at radius 3 is 2.50 bits per heavy atom. The van der Waals surface area contributed by atoms with Crippen molar-refractivity contribution < 1.29 is 9.59 Å². The summed E-state index contributed by atoms with van der Waals surface area (Å²) in [5, 5.41) is 3.01. The summed E-state index contributed by atoms with van der Waals surface area (Å²) < 4.78 is 0. The number of likely N-dealkylation sites (N-methyl/N-ethyl adjacent to an activating group) is 2. The lowest BCUT2D eigenvalue weighted by Gasteiger charge is -2.21. The Morgan fingerprint density at radius 1 is 1.33 bits per heavy atom. The lowest BCUT2D eigenvalue weighted by molar-refractivity contribution is -0.138. The highest BCUT2D eigenvalue weighted by Gasteiger charge is 2.38. The predicted octanol–water partition coefficient (Wildman–Crippen LogP) is 2.26. The van der Waals surface area contributed by atoms with E-state index in [1.165, 1.54) is 5.56 Å². The largest absolute Gasteiger partial charge is 0.344 e. The van der Waals surface area contributed by atoms with E-state index in [-0.39, 0.29) is 24.2 Å². The summed E-state index contributed by atoms with van der Waals surface area (Å²) in [5.41, 5.74) is 2.13. The maximum atomic E-state index is 12.6. The Hall–Kier alpha value is -1.59. The molecule has 1 heterocycles. The van der Waals surface area contributed by atoms with Crippen molar-refractivity contribution in [1.29, 1.82) is 0 Å². The molecule has 1 aliphatic heterocycles. The number of hydrogen-bond acceptors (Lipinski definition) is 3. The first kappa shape index (κ1) is 20.5. The molecule has 0 aliphatic carbocycles. The summed E-state index contributed by atoms with van der Waals surface area (Å²) >= 11 is 0. The SMILES string of the molecule is CNCCN(C)C(=O)C1CCN(c2ccc(C(C)C)cc2)C1=O.Cl. The molecule has 1 unspecified atom stereocenters. The van der Waals surface area contributed by atoms with E-state index in [9.17, 15) is 9.59 Å². The highest BCUT2D eigenvalue weighted by Crippen LogP contribution is 2.27. The molecule has 2 rings (SSSR count). The van der Waals surface area contributed by atoms with Gasteiger partial charge in [-0.1, -0.05) is 26.0 Å². The van der Waals surface area contributed by atoms with Gasteiger partial charge in [-0.3, -0.25) is 9.59 Å². The number of benzene rings is 1. The van der Waals surface area contributed by atoms with Gasteiger partial charge >= 0.3 is 0 Å². The van der Waals surface area contributed by atoms with Crippen molar-refractivity contribution in [3.8, 4) is 0 Å². The Labute approximate surface area is 150 Å². The molecule has 134 valence electrons. The smallest absolute Gasteiger partial charge is 0.239 e. The van der Waals surface area contributed by atoms with Crippen LogP contribution in [-0.4, -0.2) is 50.4 Å². The molecule has 1 atom stereocenters. The van der Waals surface area contributed by atoms with Crippen LogP contribution < -0.4 is 10.2 Å². The minimum absolute atomic E-state index is 0. The van der Waals surface area contributed by atoms with Crippen LogP contribution in [0.4, 0.5) is 5.69 Å². The molecule has 1 N–H and O–H groups in total. The van der Waals surface area contributed by atoms with Gasteiger partial charge < -0.3 is 15.1 Å². The second kappa shape index (κ2) is 9.04. The zero-order valence-electron chi connectivity index (χ0n) is 14.9. The predicted molar refractivity (Wildman–Crippen MR) is 99.8 cm³/mol. The topological polar surface area (TPSA) is 52.7 Å². The van der Waals surface area contributed by atoms with E-state index in [2.05, 4.69) is 31.3 Å². The van der Waals surface area contributed by atoms with Gasteiger partial charge in [-0.15, -0.1) is 12.4 Å². The summed E-state index contributed by atoms with van der Waals surface area (Å²) in [6, 6.07) is 8.07. The van der Waals surface area contributed by atoms with Gasteiger partial charge in [-0.05, 0) is 37.1 Å². The van der Waals surface area contributed by atoms with Gasteiger partial charge in [0.15, 0.2) is 0 Å². The summed E-state index contributed by atoms with van der Waals surface area (Å²) in [4.78, 5) is 28.4. The normalized spacial score (nSPS) is 17.1. The van der Waals surface area contributed by atoms with Gasteiger partial charge in [0.2, 0.25) is 11.8 Å². The highest BCUT2D eigenvalue weighted by molar-refractivity contribution is 6.09. The average molecular weight is 354 g/mol. The van der Waals surface area contributed by atoms with Crippen molar-refractivity contribution in [3.63, 3.8) is 0 Å². The van der Waals surface area contributed by atoms with Crippen LogP contribution in [0.15, 0.2) is 24.3 Å². The second-order valence-electron chi connectivity index (χ2n) is 6.44. The summed E-state index contributed by atoms with van der Waals surface area (Å²) in [5.74, 6) is -0.231. The molecule has 0 radical (unpaired) electrons. The lowest BCUT2D eigenvalue weighted by atomic mass is 10.0. The van der Waals surface area contributed by atoms with Gasteiger partial charge in [-0.25, -0.2) is 0 Å². The van der Waals surface area contributed by atoms with Crippen LogP contribution in [0.3, 0.4) is 0 Å². The van der Waals surface area contributed by atoms with E-state index < -0.39 is 5.92 Å². The first-order chi connectivity index (χ1) is 11.0. The average Bonchev–Trinajstić information content (AvgIpc) is 2.93. The maximum absolute atomic E-state index is 12.6. The fourth-order valence-electron chi connectivity index (χ4n) is 2.86. The Balaban J connectivity index is 0.00000288. The molecule has 0 spiro atoms. The molecule has 2 amide bonds. The standard InChI is InChI=1S/C18H27N3O2.ClH/c1-13(2)14-5-7-15(8-6-14)21-11-9-16(18(21)23)17(22)20(4)12-10-19-3;/h5-8,13,16,19H,9-12H2,1-4H3;1H. The second-order valence-corrected chi connectivity index (χ2v) is 6.44. The molecular weight excluding hydrogens is 326 g/mol. The number of carbonyl (C=O) groups is 2. The molecule has 0 bridgehead atoms. The highest BCUT2D eigenvalue weighted by atomic mass is 35.5. The van der Waals surface area contributed by atoms with Crippen molar-refractivity contribution in [2.24, 2.45) is 5.92 Å². The van der Waals surface area contributed by atoms with Crippen LogP contribution in [0.5, 0.6) is 0 Å². The number of nitrogens with zero attached hydrogens (tertiary/aromatic N) is 2. The van der Waals surface area contributed by atoms with Gasteiger partial charge in [0.05, 0.1) is 0 Å². The van der Waals surface area contributed by atoms with Crippen LogP contribution in [0, 0.1) is 5.92 Å². The Morgan fingerprint density at radius 2 is 1.96 bits per heavy atom. The number of rotatable bonds is 6. The van der Waals surface area contributed by atoms with Gasteiger partial charge in [0, 0.05) is 32.4 Å². The van der Waals surface area contributed by atoms with Gasteiger partial charge in [-0.2, -0.15) is 0 Å². The van der Waals surface area contributed by atoms with Gasteiger partial charge in [0.1, 0.15) is 5.92 Å². The third-order valence-electron chi connectivity index (χ3n) is 4.45. The van der Waals surface area contributed by atoms with Crippen molar-refractivity contribution in [2.45, 2.75) is 26.2 Å². The molecule has 1 aromatic rings. The van der Waals surface area contributed by atoms with Gasteiger partial charge in [0.25, 0.3) is 0 Å². The molecule has 6 heteroatoms. The van der Waals surface area contributed by atoms with Crippen molar-refractivity contribution in [3.05, 3.63) is 29.8 Å². The first-order valence-corrected chi connectivity index (χ1v) is 8.26. The number of hydrogen-bond donors (Lipinski definition) is 1. The van der Waals surface area contributed by atoms with E-state index >= 15 is 0 Å². The quantitative estimate of drug-likeness (QED) is 0.798. The summed E-state index contributed by atoms with van der Waals surface area (Å²) in [6.07, 6.45) is 0.591. The zero-order chi connectivity index (χ0) is 17.0. The summed E-state index contributed by atoms with van der Waals surface area (Å²) in [6.45, 7) is 6.24. The van der Waals surface area contributed by atoms with Crippen LogP contribution >= 0.6 is 12.4 Å². The number of carbonyl (C=O) groups excluding carboxylic acids is 2. The number of nitrogens with one attached hydrogen (secondary N) is 1. The monoisotopic (exact) mass is 353 g/mol. The molecule has 1 aliphatic rings. The lowest BCUT2D eigenvalue weighted by Crippen LogP contribution is -2.40. The van der Waals surface area contributed by atoms with Crippen LogP contribution in [-0.2, 0) is 9.59 Å². The summed E-state index contributed by atoms with van der Waals surface area (Å²) in [7, 11) is 3.61. The molecule has 5 nitrogen and oxygen atoms in total. The third-order valence-corrected chi connectivity index (χ3v) is 4.45. The minimum Gasteiger partial charge on any atom is -0.344 e. The fourth-order valence-corrected chi connectivity index (χ4v) is 2.86. The van der Waals surface area contributed by atoms with Crippen LogP contribution in [0.1, 0.15) is 31.7 Å². The molecule has 1 fully saturated rings. The molecule has 1 saturated heterocycles. The van der Waals surface area contributed by atoms with Crippen molar-refractivity contribution >= 4 is 29.9 Å². The van der Waals surface area contributed by atoms with Crippen LogP contribution in [0.2, 0.25) is 0 Å². The zero-order valence-corrected chi connectivity index (χ0v) is 15.7. The fraction of sp³-hybridized carbons (Fsp3) is 0.556.